The van der Waals surface area contributed by atoms with Crippen molar-refractivity contribution in [3.05, 3.63) is 85.1 Å². The maximum atomic E-state index is 12.9. The molecule has 0 saturated heterocycles. The van der Waals surface area contributed by atoms with Gasteiger partial charge < -0.3 is 14.2 Å². The fraction of sp³-hybridized carbons (Fsp3) is 0.767. The Morgan fingerprint density at radius 3 is 0.810 bits per heavy atom. The molecule has 0 aliphatic heterocycles. The fourth-order valence-corrected chi connectivity index (χ4v) is 9.76. The second-order valence-electron chi connectivity index (χ2n) is 22.7. The summed E-state index contributed by atoms with van der Waals surface area (Å²) < 4.78 is 17.0. The minimum atomic E-state index is -0.790. The lowest BCUT2D eigenvalue weighted by molar-refractivity contribution is -0.167. The van der Waals surface area contributed by atoms with Gasteiger partial charge in [-0.2, -0.15) is 0 Å². The second-order valence-corrected chi connectivity index (χ2v) is 22.7. The molecule has 79 heavy (non-hydrogen) atoms. The lowest BCUT2D eigenvalue weighted by Crippen LogP contribution is -2.30. The third-order valence-corrected chi connectivity index (χ3v) is 14.9. The van der Waals surface area contributed by atoms with Gasteiger partial charge in [0.1, 0.15) is 13.2 Å². The predicted molar refractivity (Wildman–Crippen MR) is 344 cm³/mol. The Morgan fingerprint density at radius 2 is 0.494 bits per heavy atom. The standard InChI is InChI=1S/C73H128O6/c1-4-7-10-13-16-19-22-25-28-31-33-34-35-36-37-38-40-42-45-48-51-54-57-60-63-66-72(75)78-69-70(68-77-71(74)65-62-59-56-53-50-47-44-41-30-27-24-21-18-15-12-9-6-3)79-73(76)67-64-61-58-55-52-49-46-43-39-32-29-26-23-20-17-14-11-8-5-2/h8,11,17-18,20-21,26-27,29-31,33,39,43,70H,4-7,9-10,12-16,19,22-25,28,32,34-38,40-42,44-69H2,1-3H3/b11-8-,20-17-,21-18-,29-26-,30-27-,33-31-,43-39-. The van der Waals surface area contributed by atoms with Crippen molar-refractivity contribution in [3.8, 4) is 0 Å². The monoisotopic (exact) mass is 1100 g/mol. The SMILES string of the molecule is CC/C=C\C/C=C\C/C=C\C/C=C\CCCCCCCCC(=O)OC(COC(=O)CCCCCCCCC/C=C\C/C=C\CCCCC)COC(=O)CCCCCCCCCCCCCCC/C=C\CCCCCCCCCC. The Morgan fingerprint density at radius 1 is 0.266 bits per heavy atom. The molecule has 0 aliphatic rings. The van der Waals surface area contributed by atoms with Crippen LogP contribution in [0.15, 0.2) is 85.1 Å². The first-order valence-electron chi connectivity index (χ1n) is 34.1. The number of carbonyl (C=O) groups excluding carboxylic acids is 3. The van der Waals surface area contributed by atoms with E-state index in [2.05, 4.69) is 106 Å². The summed E-state index contributed by atoms with van der Waals surface area (Å²) in [6.07, 6.45) is 88.8. The topological polar surface area (TPSA) is 78.9 Å². The van der Waals surface area contributed by atoms with Crippen LogP contribution in [0, 0.1) is 0 Å². The molecule has 0 amide bonds. The number of hydrogen-bond donors (Lipinski definition) is 0. The van der Waals surface area contributed by atoms with E-state index in [0.717, 1.165) is 109 Å². The highest BCUT2D eigenvalue weighted by Gasteiger charge is 2.19. The number of esters is 3. The average Bonchev–Trinajstić information content (AvgIpc) is 3.45. The van der Waals surface area contributed by atoms with Crippen LogP contribution >= 0.6 is 0 Å². The summed E-state index contributed by atoms with van der Waals surface area (Å²) >= 11 is 0. The quantitative estimate of drug-likeness (QED) is 0.0261. The lowest BCUT2D eigenvalue weighted by atomic mass is 10.0. The van der Waals surface area contributed by atoms with E-state index < -0.39 is 6.10 Å². The molecule has 0 aromatic carbocycles. The van der Waals surface area contributed by atoms with Crippen LogP contribution in [0.1, 0.15) is 342 Å². The Balaban J connectivity index is 4.35. The summed E-state index contributed by atoms with van der Waals surface area (Å²) in [7, 11) is 0. The van der Waals surface area contributed by atoms with Crippen LogP contribution in [0.4, 0.5) is 0 Å². The second kappa shape index (κ2) is 67.1. The maximum absolute atomic E-state index is 12.9. The average molecular weight is 1100 g/mol. The number of ether oxygens (including phenoxy) is 3. The van der Waals surface area contributed by atoms with Gasteiger partial charge >= 0.3 is 17.9 Å². The fourth-order valence-electron chi connectivity index (χ4n) is 9.76. The van der Waals surface area contributed by atoms with Crippen LogP contribution in [-0.2, 0) is 28.6 Å². The summed E-state index contributed by atoms with van der Waals surface area (Å²) in [4.78, 5) is 38.4. The number of rotatable bonds is 62. The van der Waals surface area contributed by atoms with Crippen molar-refractivity contribution in [1.29, 1.82) is 0 Å². The van der Waals surface area contributed by atoms with Crippen molar-refractivity contribution in [2.75, 3.05) is 13.2 Å². The van der Waals surface area contributed by atoms with Crippen LogP contribution in [0.25, 0.3) is 0 Å². The van der Waals surface area contributed by atoms with Crippen molar-refractivity contribution in [2.45, 2.75) is 348 Å². The Kier molecular flexibility index (Phi) is 64.2. The van der Waals surface area contributed by atoms with E-state index in [-0.39, 0.29) is 31.1 Å². The molecule has 0 bridgehead atoms. The van der Waals surface area contributed by atoms with Crippen molar-refractivity contribution < 1.29 is 28.6 Å². The normalized spacial score (nSPS) is 12.6. The highest BCUT2D eigenvalue weighted by Crippen LogP contribution is 2.17. The zero-order chi connectivity index (χ0) is 57.1. The van der Waals surface area contributed by atoms with Gasteiger partial charge in [-0.05, 0) is 116 Å². The van der Waals surface area contributed by atoms with E-state index in [1.165, 1.54) is 193 Å². The van der Waals surface area contributed by atoms with Gasteiger partial charge in [-0.1, -0.05) is 292 Å². The molecule has 456 valence electrons. The van der Waals surface area contributed by atoms with Crippen molar-refractivity contribution in [3.63, 3.8) is 0 Å². The van der Waals surface area contributed by atoms with Gasteiger partial charge in [-0.25, -0.2) is 0 Å². The van der Waals surface area contributed by atoms with E-state index in [0.29, 0.717) is 19.3 Å². The van der Waals surface area contributed by atoms with Gasteiger partial charge in [0.05, 0.1) is 0 Å². The summed E-state index contributed by atoms with van der Waals surface area (Å²) in [5.41, 5.74) is 0. The first-order chi connectivity index (χ1) is 39.0. The Hall–Kier alpha value is -3.41. The molecule has 0 heterocycles. The van der Waals surface area contributed by atoms with E-state index in [1.54, 1.807) is 0 Å². The third-order valence-electron chi connectivity index (χ3n) is 14.9. The van der Waals surface area contributed by atoms with Gasteiger partial charge in [-0.15, -0.1) is 0 Å². The Bertz CT molecular complexity index is 1500. The van der Waals surface area contributed by atoms with Crippen LogP contribution < -0.4 is 0 Å². The molecular weight excluding hydrogens is 973 g/mol. The van der Waals surface area contributed by atoms with Crippen LogP contribution in [0.2, 0.25) is 0 Å². The highest BCUT2D eigenvalue weighted by molar-refractivity contribution is 5.71. The summed E-state index contributed by atoms with van der Waals surface area (Å²) in [5, 5.41) is 0. The number of unbranched alkanes of at least 4 members (excludes halogenated alkanes) is 37. The molecule has 0 fully saturated rings. The molecule has 0 spiro atoms. The smallest absolute Gasteiger partial charge is 0.306 e. The van der Waals surface area contributed by atoms with Crippen molar-refractivity contribution in [1.82, 2.24) is 0 Å². The van der Waals surface area contributed by atoms with Crippen LogP contribution in [0.3, 0.4) is 0 Å². The van der Waals surface area contributed by atoms with E-state index in [9.17, 15) is 14.4 Å². The molecule has 0 aromatic rings. The minimum Gasteiger partial charge on any atom is -0.462 e. The van der Waals surface area contributed by atoms with Gasteiger partial charge in [0.25, 0.3) is 0 Å². The largest absolute Gasteiger partial charge is 0.462 e. The first-order valence-corrected chi connectivity index (χ1v) is 34.1. The van der Waals surface area contributed by atoms with Gasteiger partial charge in [-0.3, -0.25) is 14.4 Å². The minimum absolute atomic E-state index is 0.0835. The molecule has 1 unspecified atom stereocenters. The van der Waals surface area contributed by atoms with Crippen LogP contribution in [0.5, 0.6) is 0 Å². The summed E-state index contributed by atoms with van der Waals surface area (Å²) in [6.45, 7) is 6.53. The molecule has 0 rings (SSSR count). The zero-order valence-corrected chi connectivity index (χ0v) is 52.4. The summed E-state index contributed by atoms with van der Waals surface area (Å²) in [5.74, 6) is -0.890. The molecule has 0 N–H and O–H groups in total. The highest BCUT2D eigenvalue weighted by atomic mass is 16.6. The molecule has 0 radical (unpaired) electrons. The maximum Gasteiger partial charge on any atom is 0.306 e. The van der Waals surface area contributed by atoms with E-state index in [4.69, 9.17) is 14.2 Å². The zero-order valence-electron chi connectivity index (χ0n) is 52.4. The predicted octanol–water partition coefficient (Wildman–Crippen LogP) is 23.4. The molecule has 6 heteroatoms. The number of hydrogen-bond acceptors (Lipinski definition) is 6. The lowest BCUT2D eigenvalue weighted by Gasteiger charge is -2.18. The van der Waals surface area contributed by atoms with E-state index in [1.807, 2.05) is 0 Å². The van der Waals surface area contributed by atoms with E-state index >= 15 is 0 Å². The van der Waals surface area contributed by atoms with Gasteiger partial charge in [0, 0.05) is 19.3 Å². The molecule has 1 atom stereocenters. The molecule has 0 aliphatic carbocycles. The summed E-state index contributed by atoms with van der Waals surface area (Å²) in [6, 6.07) is 0. The number of carbonyl (C=O) groups is 3. The Labute approximate surface area is 490 Å². The molecule has 6 nitrogen and oxygen atoms in total. The molecule has 0 aromatic heterocycles. The van der Waals surface area contributed by atoms with Gasteiger partial charge in [0.2, 0.25) is 0 Å². The first kappa shape index (κ1) is 75.6. The third kappa shape index (κ3) is 65.3. The van der Waals surface area contributed by atoms with Crippen molar-refractivity contribution >= 4 is 17.9 Å². The number of allylic oxidation sites excluding steroid dienone is 14. The van der Waals surface area contributed by atoms with Crippen LogP contribution in [-0.4, -0.2) is 37.2 Å². The molecule has 0 saturated carbocycles. The molecular formula is C73H128O6. The van der Waals surface area contributed by atoms with Crippen molar-refractivity contribution in [2.24, 2.45) is 0 Å². The van der Waals surface area contributed by atoms with Gasteiger partial charge in [0.15, 0.2) is 6.10 Å².